The lowest BCUT2D eigenvalue weighted by molar-refractivity contribution is 0.0787. The van der Waals surface area contributed by atoms with Crippen LogP contribution in [-0.2, 0) is 22.9 Å². The third-order valence-electron chi connectivity index (χ3n) is 5.23. The summed E-state index contributed by atoms with van der Waals surface area (Å²) in [7, 11) is -3.74. The van der Waals surface area contributed by atoms with E-state index in [4.69, 9.17) is 0 Å². The fraction of sp³-hybridized carbons (Fsp3) is 0.421. The number of aryl methyl sites for hydroxylation is 1. The second-order valence-corrected chi connectivity index (χ2v) is 8.69. The molecule has 1 aliphatic carbocycles. The molecule has 1 amide bonds. The summed E-state index contributed by atoms with van der Waals surface area (Å²) in [6.45, 7) is 1.46. The Kier molecular flexibility index (Phi) is 4.48. The summed E-state index contributed by atoms with van der Waals surface area (Å²) in [5.74, 6) is -0.138. The number of rotatable bonds is 4. The van der Waals surface area contributed by atoms with Gasteiger partial charge >= 0.3 is 0 Å². The molecular formula is C19H23N3O3S. The van der Waals surface area contributed by atoms with Gasteiger partial charge in [0.05, 0.1) is 5.69 Å². The summed E-state index contributed by atoms with van der Waals surface area (Å²) >= 11 is 0. The van der Waals surface area contributed by atoms with Gasteiger partial charge in [-0.05, 0) is 61.8 Å². The normalized spacial score (nSPS) is 17.2. The topological polar surface area (TPSA) is 82.3 Å². The van der Waals surface area contributed by atoms with Crippen molar-refractivity contribution in [2.75, 3.05) is 17.8 Å². The Morgan fingerprint density at radius 1 is 1.08 bits per heavy atom. The van der Waals surface area contributed by atoms with Crippen LogP contribution >= 0.6 is 0 Å². The van der Waals surface area contributed by atoms with Crippen molar-refractivity contribution in [3.63, 3.8) is 0 Å². The number of hydrogen-bond acceptors (Lipinski definition) is 3. The summed E-state index contributed by atoms with van der Waals surface area (Å²) in [4.78, 5) is 17.1. The maximum absolute atomic E-state index is 12.8. The summed E-state index contributed by atoms with van der Waals surface area (Å²) < 4.78 is 28.3. The number of H-pyrrole nitrogens is 1. The molecule has 0 saturated carbocycles. The molecule has 0 spiro atoms. The molecule has 1 saturated heterocycles. The number of amides is 1. The minimum Gasteiger partial charge on any atom is -0.356 e. The van der Waals surface area contributed by atoms with Gasteiger partial charge in [0.2, 0.25) is 0 Å². The molecular weight excluding hydrogens is 350 g/mol. The molecule has 2 aromatic rings. The number of aromatic amines is 1. The van der Waals surface area contributed by atoms with Gasteiger partial charge in [-0.2, -0.15) is 0 Å². The Hall–Kier alpha value is -2.28. The first-order valence-electron chi connectivity index (χ1n) is 9.16. The van der Waals surface area contributed by atoms with Gasteiger partial charge in [0.1, 0.15) is 10.6 Å². The third kappa shape index (κ3) is 3.23. The van der Waals surface area contributed by atoms with E-state index in [1.165, 1.54) is 17.8 Å². The number of sulfonamides is 1. The van der Waals surface area contributed by atoms with E-state index >= 15 is 0 Å². The number of hydrogen-bond donors (Lipinski definition) is 2. The summed E-state index contributed by atoms with van der Waals surface area (Å²) in [6, 6.07) is 7.19. The van der Waals surface area contributed by atoms with Crippen LogP contribution in [0.15, 0.2) is 35.4 Å². The van der Waals surface area contributed by atoms with Crippen molar-refractivity contribution in [1.29, 1.82) is 0 Å². The summed E-state index contributed by atoms with van der Waals surface area (Å²) in [5.41, 5.74) is 3.28. The average molecular weight is 373 g/mol. The number of aromatic nitrogens is 1. The van der Waals surface area contributed by atoms with Gasteiger partial charge in [-0.15, -0.1) is 0 Å². The SMILES string of the molecule is O=C(c1cc(S(=O)(=O)Nc2cccc3c2CCCC3)c[nH]1)N1CCCC1. The van der Waals surface area contributed by atoms with Crippen LogP contribution in [0.2, 0.25) is 0 Å². The highest BCUT2D eigenvalue weighted by Crippen LogP contribution is 2.29. The quantitative estimate of drug-likeness (QED) is 0.864. The maximum atomic E-state index is 12.8. The zero-order valence-electron chi connectivity index (χ0n) is 14.6. The lowest BCUT2D eigenvalue weighted by Crippen LogP contribution is -2.27. The Balaban J connectivity index is 1.57. The molecule has 2 aliphatic rings. The molecule has 1 aromatic heterocycles. The third-order valence-corrected chi connectivity index (χ3v) is 6.58. The number of likely N-dealkylation sites (tertiary alicyclic amines) is 1. The van der Waals surface area contributed by atoms with E-state index in [1.54, 1.807) is 4.90 Å². The minimum atomic E-state index is -3.74. The van der Waals surface area contributed by atoms with Crippen molar-refractivity contribution in [2.24, 2.45) is 0 Å². The van der Waals surface area contributed by atoms with Crippen molar-refractivity contribution in [1.82, 2.24) is 9.88 Å². The van der Waals surface area contributed by atoms with Crippen LogP contribution in [-0.4, -0.2) is 37.3 Å². The highest BCUT2D eigenvalue weighted by atomic mass is 32.2. The molecule has 0 atom stereocenters. The molecule has 2 N–H and O–H groups in total. The summed E-state index contributed by atoms with van der Waals surface area (Å²) in [5, 5.41) is 0. The summed E-state index contributed by atoms with van der Waals surface area (Å²) in [6.07, 6.45) is 7.48. The number of benzene rings is 1. The van der Waals surface area contributed by atoms with Gasteiger partial charge in [0.25, 0.3) is 15.9 Å². The molecule has 1 fully saturated rings. The van der Waals surface area contributed by atoms with Crippen LogP contribution in [0.4, 0.5) is 5.69 Å². The standard InChI is InChI=1S/C19H23N3O3S/c23-19(22-10-3-4-11-22)18-12-15(13-20-18)26(24,25)21-17-9-5-7-14-6-1-2-8-16(14)17/h5,7,9,12-13,20-21H,1-4,6,8,10-11H2. The van der Waals surface area contributed by atoms with Crippen LogP contribution in [0.25, 0.3) is 0 Å². The molecule has 0 bridgehead atoms. The number of anilines is 1. The maximum Gasteiger partial charge on any atom is 0.270 e. The molecule has 0 radical (unpaired) electrons. The smallest absolute Gasteiger partial charge is 0.270 e. The fourth-order valence-corrected chi connectivity index (χ4v) is 4.91. The Morgan fingerprint density at radius 2 is 1.85 bits per heavy atom. The van der Waals surface area contributed by atoms with Gasteiger partial charge in [-0.1, -0.05) is 12.1 Å². The van der Waals surface area contributed by atoms with Gasteiger partial charge in [0.15, 0.2) is 0 Å². The first-order valence-corrected chi connectivity index (χ1v) is 10.6. The number of nitrogens with one attached hydrogen (secondary N) is 2. The Bertz CT molecular complexity index is 927. The highest BCUT2D eigenvalue weighted by molar-refractivity contribution is 7.92. The Morgan fingerprint density at radius 3 is 2.65 bits per heavy atom. The minimum absolute atomic E-state index is 0.0912. The van der Waals surface area contributed by atoms with E-state index in [2.05, 4.69) is 15.8 Å². The Labute approximate surface area is 153 Å². The van der Waals surface area contributed by atoms with Crippen LogP contribution in [0, 0.1) is 0 Å². The van der Waals surface area contributed by atoms with Gasteiger partial charge in [-0.3, -0.25) is 9.52 Å². The highest BCUT2D eigenvalue weighted by Gasteiger charge is 2.24. The van der Waals surface area contributed by atoms with Crippen molar-refractivity contribution in [2.45, 2.75) is 43.4 Å². The van der Waals surface area contributed by atoms with E-state index in [0.717, 1.165) is 57.2 Å². The van der Waals surface area contributed by atoms with Crippen molar-refractivity contribution >= 4 is 21.6 Å². The van der Waals surface area contributed by atoms with Crippen LogP contribution in [0.3, 0.4) is 0 Å². The molecule has 1 aliphatic heterocycles. The predicted octanol–water partition coefficient (Wildman–Crippen LogP) is 2.93. The number of nitrogens with zero attached hydrogens (tertiary/aromatic N) is 1. The number of carbonyl (C=O) groups excluding carboxylic acids is 1. The van der Waals surface area contributed by atoms with Crippen molar-refractivity contribution in [3.8, 4) is 0 Å². The van der Waals surface area contributed by atoms with Crippen molar-refractivity contribution in [3.05, 3.63) is 47.3 Å². The van der Waals surface area contributed by atoms with Crippen LogP contribution in [0.5, 0.6) is 0 Å². The second-order valence-electron chi connectivity index (χ2n) is 7.00. The van der Waals surface area contributed by atoms with E-state index in [1.807, 2.05) is 12.1 Å². The van der Waals surface area contributed by atoms with E-state index in [0.29, 0.717) is 11.4 Å². The molecule has 4 rings (SSSR count). The van der Waals surface area contributed by atoms with Gasteiger partial charge < -0.3 is 9.88 Å². The van der Waals surface area contributed by atoms with Crippen LogP contribution in [0.1, 0.15) is 47.3 Å². The zero-order chi connectivity index (χ0) is 18.1. The largest absolute Gasteiger partial charge is 0.356 e. The lowest BCUT2D eigenvalue weighted by Gasteiger charge is -2.19. The predicted molar refractivity (Wildman–Crippen MR) is 99.8 cm³/mol. The monoisotopic (exact) mass is 373 g/mol. The molecule has 0 unspecified atom stereocenters. The fourth-order valence-electron chi connectivity index (χ4n) is 3.82. The van der Waals surface area contributed by atoms with Gasteiger partial charge in [-0.25, -0.2) is 8.42 Å². The van der Waals surface area contributed by atoms with E-state index in [-0.39, 0.29) is 10.8 Å². The average Bonchev–Trinajstić information content (AvgIpc) is 3.33. The molecule has 7 heteroatoms. The van der Waals surface area contributed by atoms with E-state index < -0.39 is 10.0 Å². The lowest BCUT2D eigenvalue weighted by atomic mass is 9.91. The first kappa shape index (κ1) is 17.1. The molecule has 26 heavy (non-hydrogen) atoms. The van der Waals surface area contributed by atoms with Crippen molar-refractivity contribution < 1.29 is 13.2 Å². The molecule has 6 nitrogen and oxygen atoms in total. The van der Waals surface area contributed by atoms with Crippen LogP contribution < -0.4 is 4.72 Å². The molecule has 138 valence electrons. The second kappa shape index (κ2) is 6.79. The number of carbonyl (C=O) groups is 1. The first-order chi connectivity index (χ1) is 12.5. The zero-order valence-corrected chi connectivity index (χ0v) is 15.4. The van der Waals surface area contributed by atoms with Gasteiger partial charge in [0, 0.05) is 19.3 Å². The molecule has 1 aromatic carbocycles. The van der Waals surface area contributed by atoms with E-state index in [9.17, 15) is 13.2 Å². The number of fused-ring (bicyclic) bond motifs is 1. The molecule has 2 heterocycles.